The lowest BCUT2D eigenvalue weighted by atomic mass is 10.2. The van der Waals surface area contributed by atoms with Crippen molar-refractivity contribution in [3.05, 3.63) is 11.4 Å². The van der Waals surface area contributed by atoms with E-state index < -0.39 is 0 Å². The summed E-state index contributed by atoms with van der Waals surface area (Å²) in [5, 5.41) is 3.43. The van der Waals surface area contributed by atoms with Crippen molar-refractivity contribution < 1.29 is 0 Å². The predicted molar refractivity (Wildman–Crippen MR) is 89.2 cm³/mol. The molecule has 1 saturated heterocycles. The van der Waals surface area contributed by atoms with E-state index in [1.54, 1.807) is 0 Å². The Hall–Kier alpha value is -1.36. The number of rotatable bonds is 4. The number of likely N-dealkylation sites (N-methyl/N-ethyl adjacent to an activating group) is 1. The Morgan fingerprint density at radius 2 is 2.00 bits per heavy atom. The van der Waals surface area contributed by atoms with Gasteiger partial charge in [0.25, 0.3) is 0 Å². The van der Waals surface area contributed by atoms with Crippen LogP contribution in [0.2, 0.25) is 0 Å². The average molecular weight is 291 g/mol. The summed E-state index contributed by atoms with van der Waals surface area (Å²) in [5.41, 5.74) is 1.17. The highest BCUT2D eigenvalue weighted by atomic mass is 15.3. The van der Waals surface area contributed by atoms with Crippen molar-refractivity contribution in [2.24, 2.45) is 0 Å². The molecule has 0 amide bonds. The molecule has 5 nitrogen and oxygen atoms in total. The summed E-state index contributed by atoms with van der Waals surface area (Å²) in [5.74, 6) is 2.94. The fourth-order valence-corrected chi connectivity index (χ4v) is 3.00. The summed E-state index contributed by atoms with van der Waals surface area (Å²) in [7, 11) is 2.20. The monoisotopic (exact) mass is 291 g/mol. The van der Waals surface area contributed by atoms with Gasteiger partial charge in [0, 0.05) is 31.2 Å². The van der Waals surface area contributed by atoms with E-state index in [2.05, 4.69) is 47.9 Å². The van der Waals surface area contributed by atoms with Crippen molar-refractivity contribution in [3.63, 3.8) is 0 Å². The van der Waals surface area contributed by atoms with Crippen LogP contribution < -0.4 is 10.2 Å². The van der Waals surface area contributed by atoms with Crippen molar-refractivity contribution in [1.82, 2.24) is 14.9 Å². The lowest BCUT2D eigenvalue weighted by molar-refractivity contribution is 0.337. The van der Waals surface area contributed by atoms with E-state index in [9.17, 15) is 0 Å². The van der Waals surface area contributed by atoms with Gasteiger partial charge in [-0.15, -0.1) is 0 Å². The van der Waals surface area contributed by atoms with Gasteiger partial charge in [0.1, 0.15) is 17.5 Å². The van der Waals surface area contributed by atoms with E-state index in [0.717, 1.165) is 50.1 Å². The largest absolute Gasteiger partial charge is 0.370 e. The van der Waals surface area contributed by atoms with Gasteiger partial charge in [-0.25, -0.2) is 9.97 Å². The molecule has 0 saturated carbocycles. The van der Waals surface area contributed by atoms with Gasteiger partial charge in [-0.05, 0) is 47.2 Å². The maximum atomic E-state index is 4.74. The van der Waals surface area contributed by atoms with Gasteiger partial charge >= 0.3 is 0 Å². The summed E-state index contributed by atoms with van der Waals surface area (Å²) in [6.07, 6.45) is 2.28. The maximum Gasteiger partial charge on any atom is 0.137 e. The normalized spacial score (nSPS) is 20.4. The molecule has 118 valence electrons. The molecule has 0 spiro atoms. The fraction of sp³-hybridized carbons (Fsp3) is 0.750. The van der Waals surface area contributed by atoms with E-state index in [1.807, 2.05) is 6.92 Å². The second-order valence-corrected chi connectivity index (χ2v) is 6.15. The molecule has 1 aromatic rings. The van der Waals surface area contributed by atoms with Crippen LogP contribution in [0.15, 0.2) is 0 Å². The third-order valence-corrected chi connectivity index (χ3v) is 4.09. The molecule has 2 heterocycles. The molecule has 1 unspecified atom stereocenters. The van der Waals surface area contributed by atoms with Crippen LogP contribution in [0, 0.1) is 13.8 Å². The topological polar surface area (TPSA) is 44.3 Å². The molecule has 1 aliphatic heterocycles. The van der Waals surface area contributed by atoms with Gasteiger partial charge in [-0.1, -0.05) is 6.92 Å². The van der Waals surface area contributed by atoms with Gasteiger partial charge in [0.15, 0.2) is 0 Å². The zero-order valence-corrected chi connectivity index (χ0v) is 14.1. The lowest BCUT2D eigenvalue weighted by Gasteiger charge is -2.31. The highest BCUT2D eigenvalue weighted by Crippen LogP contribution is 2.26. The number of hydrogen-bond donors (Lipinski definition) is 1. The van der Waals surface area contributed by atoms with Crippen LogP contribution in [0.5, 0.6) is 0 Å². The van der Waals surface area contributed by atoms with Crippen LogP contribution in [0.4, 0.5) is 11.6 Å². The lowest BCUT2D eigenvalue weighted by Crippen LogP contribution is -2.39. The molecule has 0 radical (unpaired) electrons. The summed E-state index contributed by atoms with van der Waals surface area (Å²) in [6, 6.07) is 0.476. The van der Waals surface area contributed by atoms with Gasteiger partial charge < -0.3 is 15.1 Å². The van der Waals surface area contributed by atoms with Crippen molar-refractivity contribution >= 4 is 11.6 Å². The highest BCUT2D eigenvalue weighted by Gasteiger charge is 2.23. The van der Waals surface area contributed by atoms with Crippen LogP contribution in [0.25, 0.3) is 0 Å². The zero-order chi connectivity index (χ0) is 15.4. The Bertz CT molecular complexity index is 474. The van der Waals surface area contributed by atoms with Crippen LogP contribution in [0.1, 0.15) is 38.1 Å². The minimum absolute atomic E-state index is 0.476. The molecule has 5 heteroatoms. The maximum absolute atomic E-state index is 4.74. The summed E-state index contributed by atoms with van der Waals surface area (Å²) < 4.78 is 0. The van der Waals surface area contributed by atoms with E-state index in [1.165, 1.54) is 12.0 Å². The first kappa shape index (κ1) is 16.0. The van der Waals surface area contributed by atoms with Crippen molar-refractivity contribution in [2.45, 2.75) is 46.6 Å². The Balaban J connectivity index is 2.31. The summed E-state index contributed by atoms with van der Waals surface area (Å²) >= 11 is 0. The molecule has 0 aromatic carbocycles. The number of nitrogens with one attached hydrogen (secondary N) is 1. The minimum Gasteiger partial charge on any atom is -0.370 e. The number of aryl methyl sites for hydroxylation is 1. The summed E-state index contributed by atoms with van der Waals surface area (Å²) in [4.78, 5) is 14.2. The molecule has 21 heavy (non-hydrogen) atoms. The van der Waals surface area contributed by atoms with E-state index in [-0.39, 0.29) is 0 Å². The first-order valence-corrected chi connectivity index (χ1v) is 8.07. The summed E-state index contributed by atoms with van der Waals surface area (Å²) in [6.45, 7) is 12.8. The van der Waals surface area contributed by atoms with Crippen LogP contribution >= 0.6 is 0 Å². The standard InChI is InChI=1S/C16H29N5/c1-6-8-17-15-13(3)16(19-14(4)18-15)21-10-7-9-20(5)11-12(21)2/h12H,6-11H2,1-5H3,(H,17,18,19). The van der Waals surface area contributed by atoms with Gasteiger partial charge in [0.05, 0.1) is 0 Å². The Morgan fingerprint density at radius 3 is 2.71 bits per heavy atom. The third kappa shape index (κ3) is 3.84. The SMILES string of the molecule is CCCNc1nc(C)nc(N2CCCN(C)CC2C)c1C. The van der Waals surface area contributed by atoms with Gasteiger partial charge in [0.2, 0.25) is 0 Å². The van der Waals surface area contributed by atoms with Gasteiger partial charge in [-0.2, -0.15) is 0 Å². The van der Waals surface area contributed by atoms with E-state index in [4.69, 9.17) is 4.98 Å². The third-order valence-electron chi connectivity index (χ3n) is 4.09. The molecule has 2 rings (SSSR count). The quantitative estimate of drug-likeness (QED) is 0.923. The van der Waals surface area contributed by atoms with Crippen LogP contribution in [-0.2, 0) is 0 Å². The van der Waals surface area contributed by atoms with Crippen molar-refractivity contribution in [1.29, 1.82) is 0 Å². The molecule has 1 aromatic heterocycles. The number of aromatic nitrogens is 2. The Labute approximate surface area is 128 Å². The molecule has 1 aliphatic rings. The predicted octanol–water partition coefficient (Wildman–Crippen LogP) is 2.45. The van der Waals surface area contributed by atoms with Crippen LogP contribution in [-0.4, -0.2) is 54.1 Å². The molecular formula is C16H29N5. The average Bonchev–Trinajstić information content (AvgIpc) is 2.60. The zero-order valence-electron chi connectivity index (χ0n) is 14.1. The molecular weight excluding hydrogens is 262 g/mol. The van der Waals surface area contributed by atoms with E-state index in [0.29, 0.717) is 6.04 Å². The smallest absolute Gasteiger partial charge is 0.137 e. The molecule has 0 aliphatic carbocycles. The minimum atomic E-state index is 0.476. The van der Waals surface area contributed by atoms with Crippen LogP contribution in [0.3, 0.4) is 0 Å². The molecule has 1 N–H and O–H groups in total. The second-order valence-electron chi connectivity index (χ2n) is 6.15. The van der Waals surface area contributed by atoms with Crippen molar-refractivity contribution in [2.75, 3.05) is 43.4 Å². The number of nitrogens with zero attached hydrogens (tertiary/aromatic N) is 4. The Morgan fingerprint density at radius 1 is 1.24 bits per heavy atom. The highest BCUT2D eigenvalue weighted by molar-refractivity contribution is 5.59. The second kappa shape index (κ2) is 7.07. The van der Waals surface area contributed by atoms with Gasteiger partial charge in [-0.3, -0.25) is 0 Å². The molecule has 1 fully saturated rings. The van der Waals surface area contributed by atoms with E-state index >= 15 is 0 Å². The fourth-order valence-electron chi connectivity index (χ4n) is 3.00. The molecule has 0 bridgehead atoms. The Kier molecular flexibility index (Phi) is 5.39. The number of hydrogen-bond acceptors (Lipinski definition) is 5. The first-order chi connectivity index (χ1) is 10.0. The molecule has 1 atom stereocenters. The van der Waals surface area contributed by atoms with Crippen molar-refractivity contribution in [3.8, 4) is 0 Å². The first-order valence-electron chi connectivity index (χ1n) is 8.07. The number of anilines is 2.